The Balaban J connectivity index is 2.88. The van der Waals surface area contributed by atoms with Gasteiger partial charge < -0.3 is 0 Å². The molecule has 0 amide bonds. The summed E-state index contributed by atoms with van der Waals surface area (Å²) in [7, 11) is 0. The molecule has 12 heavy (non-hydrogen) atoms. The van der Waals surface area contributed by atoms with E-state index >= 15 is 0 Å². The quantitative estimate of drug-likeness (QED) is 0.623. The lowest BCUT2D eigenvalue weighted by Crippen LogP contribution is -1.79. The molecule has 0 atom stereocenters. The molecule has 2 heteroatoms. The molecular formula is C10H8BrN. The molecule has 0 N–H and O–H groups in total. The van der Waals surface area contributed by atoms with E-state index in [2.05, 4.69) is 46.0 Å². The largest absolute Gasteiger partial charge is 0.249 e. The van der Waals surface area contributed by atoms with Crippen molar-refractivity contribution in [3.63, 3.8) is 0 Å². The standard InChI is InChI=1S/C10H8BrN/c1-7-2-3-8-4-5-12-10(11)9(8)6-7/h2-6H,1H3. The minimum absolute atomic E-state index is 0.920. The van der Waals surface area contributed by atoms with Gasteiger partial charge in [0.05, 0.1) is 0 Å². The van der Waals surface area contributed by atoms with Crippen molar-refractivity contribution in [3.05, 3.63) is 40.6 Å². The average Bonchev–Trinajstić information content (AvgIpc) is 2.07. The molecule has 0 bridgehead atoms. The van der Waals surface area contributed by atoms with Gasteiger partial charge in [0.15, 0.2) is 0 Å². The van der Waals surface area contributed by atoms with Crippen molar-refractivity contribution in [1.29, 1.82) is 0 Å². The summed E-state index contributed by atoms with van der Waals surface area (Å²) >= 11 is 3.42. The second kappa shape index (κ2) is 2.87. The predicted octanol–water partition coefficient (Wildman–Crippen LogP) is 3.31. The Morgan fingerprint density at radius 2 is 2.08 bits per heavy atom. The third-order valence-corrected chi connectivity index (χ3v) is 2.50. The first-order valence-electron chi connectivity index (χ1n) is 3.78. The summed E-state index contributed by atoms with van der Waals surface area (Å²) in [4.78, 5) is 4.17. The Morgan fingerprint density at radius 1 is 1.25 bits per heavy atom. The van der Waals surface area contributed by atoms with Crippen LogP contribution in [0.2, 0.25) is 0 Å². The van der Waals surface area contributed by atoms with Gasteiger partial charge in [0.1, 0.15) is 4.60 Å². The zero-order valence-electron chi connectivity index (χ0n) is 6.71. The minimum Gasteiger partial charge on any atom is -0.249 e. The van der Waals surface area contributed by atoms with E-state index in [0.29, 0.717) is 0 Å². The SMILES string of the molecule is Cc1ccc2ccnc(Br)c2c1. The van der Waals surface area contributed by atoms with E-state index in [4.69, 9.17) is 0 Å². The highest BCUT2D eigenvalue weighted by atomic mass is 79.9. The molecule has 0 fully saturated rings. The second-order valence-electron chi connectivity index (χ2n) is 2.83. The van der Waals surface area contributed by atoms with Crippen LogP contribution in [0.1, 0.15) is 5.56 Å². The number of pyridine rings is 1. The molecule has 2 rings (SSSR count). The van der Waals surface area contributed by atoms with Gasteiger partial charge in [-0.3, -0.25) is 0 Å². The summed E-state index contributed by atoms with van der Waals surface area (Å²) in [5, 5.41) is 2.40. The third-order valence-electron chi connectivity index (χ3n) is 1.87. The molecule has 60 valence electrons. The van der Waals surface area contributed by atoms with Crippen LogP contribution in [0.4, 0.5) is 0 Å². The van der Waals surface area contributed by atoms with Crippen molar-refractivity contribution >= 4 is 26.7 Å². The van der Waals surface area contributed by atoms with Crippen molar-refractivity contribution in [1.82, 2.24) is 4.98 Å². The molecular weight excluding hydrogens is 214 g/mol. The van der Waals surface area contributed by atoms with Crippen LogP contribution in [-0.2, 0) is 0 Å². The highest BCUT2D eigenvalue weighted by Gasteiger charge is 1.97. The first-order valence-corrected chi connectivity index (χ1v) is 4.57. The summed E-state index contributed by atoms with van der Waals surface area (Å²) in [5.41, 5.74) is 1.26. The van der Waals surface area contributed by atoms with E-state index in [0.717, 1.165) is 4.60 Å². The van der Waals surface area contributed by atoms with E-state index in [1.165, 1.54) is 16.3 Å². The predicted molar refractivity (Wildman–Crippen MR) is 54.2 cm³/mol. The van der Waals surface area contributed by atoms with E-state index in [1.54, 1.807) is 0 Å². The molecule has 0 aliphatic heterocycles. The van der Waals surface area contributed by atoms with E-state index in [9.17, 15) is 0 Å². The number of aryl methyl sites for hydroxylation is 1. The molecule has 0 aliphatic rings. The van der Waals surface area contributed by atoms with Gasteiger partial charge in [-0.05, 0) is 40.4 Å². The Labute approximate surface area is 79.6 Å². The maximum atomic E-state index is 4.17. The molecule has 1 heterocycles. The van der Waals surface area contributed by atoms with Gasteiger partial charge in [-0.2, -0.15) is 0 Å². The maximum Gasteiger partial charge on any atom is 0.113 e. The fourth-order valence-corrected chi connectivity index (χ4v) is 1.71. The van der Waals surface area contributed by atoms with Crippen LogP contribution >= 0.6 is 15.9 Å². The smallest absolute Gasteiger partial charge is 0.113 e. The number of hydrogen-bond donors (Lipinski definition) is 0. The highest BCUT2D eigenvalue weighted by molar-refractivity contribution is 9.10. The van der Waals surface area contributed by atoms with Crippen LogP contribution in [0.3, 0.4) is 0 Å². The summed E-state index contributed by atoms with van der Waals surface area (Å²) in [6.07, 6.45) is 1.81. The van der Waals surface area contributed by atoms with Gasteiger partial charge in [-0.25, -0.2) is 4.98 Å². The van der Waals surface area contributed by atoms with Gasteiger partial charge in [0, 0.05) is 11.6 Å². The normalized spacial score (nSPS) is 10.5. The van der Waals surface area contributed by atoms with Crippen molar-refractivity contribution in [3.8, 4) is 0 Å². The third kappa shape index (κ3) is 1.23. The molecule has 1 aromatic carbocycles. The van der Waals surface area contributed by atoms with Crippen molar-refractivity contribution in [2.45, 2.75) is 6.92 Å². The summed E-state index contributed by atoms with van der Waals surface area (Å²) in [6, 6.07) is 8.36. The van der Waals surface area contributed by atoms with Crippen LogP contribution in [0.5, 0.6) is 0 Å². The van der Waals surface area contributed by atoms with Crippen LogP contribution in [0, 0.1) is 6.92 Å². The van der Waals surface area contributed by atoms with Gasteiger partial charge in [-0.1, -0.05) is 17.7 Å². The maximum absolute atomic E-state index is 4.17. The van der Waals surface area contributed by atoms with Crippen molar-refractivity contribution in [2.75, 3.05) is 0 Å². The number of rotatable bonds is 0. The summed E-state index contributed by atoms with van der Waals surface area (Å²) < 4.78 is 0.920. The first-order chi connectivity index (χ1) is 5.77. The Hall–Kier alpha value is -0.890. The number of benzene rings is 1. The molecule has 1 aromatic heterocycles. The van der Waals surface area contributed by atoms with Crippen LogP contribution in [0.25, 0.3) is 10.8 Å². The number of fused-ring (bicyclic) bond motifs is 1. The van der Waals surface area contributed by atoms with E-state index < -0.39 is 0 Å². The minimum atomic E-state index is 0.920. The number of nitrogens with zero attached hydrogens (tertiary/aromatic N) is 1. The van der Waals surface area contributed by atoms with Gasteiger partial charge in [0.25, 0.3) is 0 Å². The summed E-state index contributed by atoms with van der Waals surface area (Å²) in [6.45, 7) is 2.08. The molecule has 0 aliphatic carbocycles. The molecule has 0 unspecified atom stereocenters. The molecule has 2 aromatic rings. The van der Waals surface area contributed by atoms with Crippen molar-refractivity contribution < 1.29 is 0 Å². The Bertz CT molecular complexity index is 423. The zero-order chi connectivity index (χ0) is 8.55. The Kier molecular flexibility index (Phi) is 1.85. The fraction of sp³-hybridized carbons (Fsp3) is 0.100. The number of aromatic nitrogens is 1. The van der Waals surface area contributed by atoms with Crippen molar-refractivity contribution in [2.24, 2.45) is 0 Å². The van der Waals surface area contributed by atoms with Crippen LogP contribution in [0.15, 0.2) is 35.1 Å². The Morgan fingerprint density at radius 3 is 2.92 bits per heavy atom. The van der Waals surface area contributed by atoms with Gasteiger partial charge >= 0.3 is 0 Å². The van der Waals surface area contributed by atoms with Crippen LogP contribution < -0.4 is 0 Å². The lowest BCUT2D eigenvalue weighted by atomic mass is 10.1. The zero-order valence-corrected chi connectivity index (χ0v) is 8.30. The number of halogens is 1. The van der Waals surface area contributed by atoms with Crippen LogP contribution in [-0.4, -0.2) is 4.98 Å². The first kappa shape index (κ1) is 7.74. The average molecular weight is 222 g/mol. The van der Waals surface area contributed by atoms with Gasteiger partial charge in [0.2, 0.25) is 0 Å². The molecule has 0 saturated heterocycles. The topological polar surface area (TPSA) is 12.9 Å². The number of hydrogen-bond acceptors (Lipinski definition) is 1. The highest BCUT2D eigenvalue weighted by Crippen LogP contribution is 2.21. The lowest BCUT2D eigenvalue weighted by molar-refractivity contribution is 1.31. The second-order valence-corrected chi connectivity index (χ2v) is 3.58. The van der Waals surface area contributed by atoms with E-state index in [1.807, 2.05) is 12.3 Å². The molecule has 0 spiro atoms. The fourth-order valence-electron chi connectivity index (χ4n) is 1.25. The monoisotopic (exact) mass is 221 g/mol. The van der Waals surface area contributed by atoms with Gasteiger partial charge in [-0.15, -0.1) is 0 Å². The molecule has 0 radical (unpaired) electrons. The molecule has 0 saturated carbocycles. The summed E-state index contributed by atoms with van der Waals surface area (Å²) in [5.74, 6) is 0. The lowest BCUT2D eigenvalue weighted by Gasteiger charge is -1.99. The molecule has 1 nitrogen and oxygen atoms in total. The van der Waals surface area contributed by atoms with E-state index in [-0.39, 0.29) is 0 Å².